The van der Waals surface area contributed by atoms with Gasteiger partial charge in [0.25, 0.3) is 5.56 Å². The molecule has 0 radical (unpaired) electrons. The molecular weight excluding hydrogens is 533 g/mol. The van der Waals surface area contributed by atoms with Gasteiger partial charge >= 0.3 is 0 Å². The van der Waals surface area contributed by atoms with Gasteiger partial charge in [-0.05, 0) is 59.7 Å². The van der Waals surface area contributed by atoms with Crippen molar-refractivity contribution in [2.75, 3.05) is 7.11 Å². The predicted octanol–water partition coefficient (Wildman–Crippen LogP) is 7.07. The second kappa shape index (κ2) is 10.7. The van der Waals surface area contributed by atoms with Crippen molar-refractivity contribution >= 4 is 39.7 Å². The zero-order valence-corrected chi connectivity index (χ0v) is 21.9. The SMILES string of the molecule is COc1cc(C=Nn2c(-c3cc4ccccc4o3)nc3ccccc3c2=O)cc(Cl)c1OCc1ccc(F)cc1. The molecule has 0 saturated carbocycles. The van der Waals surface area contributed by atoms with Gasteiger partial charge in [-0.15, -0.1) is 0 Å². The van der Waals surface area contributed by atoms with Crippen molar-refractivity contribution < 1.29 is 18.3 Å². The zero-order chi connectivity index (χ0) is 27.6. The van der Waals surface area contributed by atoms with Gasteiger partial charge in [0, 0.05) is 5.39 Å². The second-order valence-corrected chi connectivity index (χ2v) is 9.32. The summed E-state index contributed by atoms with van der Waals surface area (Å²) in [7, 11) is 1.49. The van der Waals surface area contributed by atoms with Crippen LogP contribution in [0.2, 0.25) is 5.02 Å². The van der Waals surface area contributed by atoms with E-state index in [0.29, 0.717) is 39.3 Å². The minimum atomic E-state index is -0.352. The maximum Gasteiger partial charge on any atom is 0.282 e. The molecule has 6 rings (SSSR count). The average Bonchev–Trinajstić information content (AvgIpc) is 3.41. The number of furan rings is 1. The van der Waals surface area contributed by atoms with Crippen LogP contribution in [0.25, 0.3) is 33.5 Å². The van der Waals surface area contributed by atoms with Crippen LogP contribution < -0.4 is 15.0 Å². The summed E-state index contributed by atoms with van der Waals surface area (Å²) in [6, 6.07) is 25.8. The van der Waals surface area contributed by atoms with Crippen LogP contribution in [0.4, 0.5) is 4.39 Å². The number of ether oxygens (including phenoxy) is 2. The van der Waals surface area contributed by atoms with Gasteiger partial charge in [0.05, 0.1) is 29.2 Å². The first-order chi connectivity index (χ1) is 19.5. The van der Waals surface area contributed by atoms with E-state index in [1.165, 1.54) is 30.1 Å². The number of aromatic nitrogens is 2. The summed E-state index contributed by atoms with van der Waals surface area (Å²) < 4.78 is 31.8. The van der Waals surface area contributed by atoms with E-state index in [0.717, 1.165) is 10.9 Å². The second-order valence-electron chi connectivity index (χ2n) is 8.91. The van der Waals surface area contributed by atoms with Crippen molar-refractivity contribution in [2.24, 2.45) is 5.10 Å². The zero-order valence-electron chi connectivity index (χ0n) is 21.2. The highest BCUT2D eigenvalue weighted by Crippen LogP contribution is 2.36. The van der Waals surface area contributed by atoms with Crippen LogP contribution in [0.5, 0.6) is 11.5 Å². The van der Waals surface area contributed by atoms with Crippen LogP contribution in [-0.2, 0) is 6.61 Å². The Labute approximate surface area is 232 Å². The Morgan fingerprint density at radius 1 is 1.02 bits per heavy atom. The monoisotopic (exact) mass is 553 g/mol. The third kappa shape index (κ3) is 4.92. The fourth-order valence-electron chi connectivity index (χ4n) is 4.30. The number of hydrogen-bond donors (Lipinski definition) is 0. The molecule has 0 bridgehead atoms. The Hall–Kier alpha value is -4.95. The molecule has 198 valence electrons. The molecule has 40 heavy (non-hydrogen) atoms. The highest BCUT2D eigenvalue weighted by atomic mass is 35.5. The molecule has 0 fully saturated rings. The third-order valence-corrected chi connectivity index (χ3v) is 6.55. The summed E-state index contributed by atoms with van der Waals surface area (Å²) in [4.78, 5) is 18.2. The van der Waals surface area contributed by atoms with Crippen LogP contribution in [0.15, 0.2) is 105 Å². The van der Waals surface area contributed by atoms with Crippen LogP contribution in [-0.4, -0.2) is 23.0 Å². The fraction of sp³-hybridized carbons (Fsp3) is 0.0645. The Balaban J connectivity index is 1.39. The molecule has 0 spiro atoms. The van der Waals surface area contributed by atoms with Crippen LogP contribution in [0.1, 0.15) is 11.1 Å². The van der Waals surface area contributed by atoms with Gasteiger partial charge in [-0.25, -0.2) is 9.37 Å². The lowest BCUT2D eigenvalue weighted by molar-refractivity contribution is 0.284. The van der Waals surface area contributed by atoms with Crippen molar-refractivity contribution in [3.63, 3.8) is 0 Å². The lowest BCUT2D eigenvalue weighted by Gasteiger charge is -2.13. The normalized spacial score (nSPS) is 11.5. The van der Waals surface area contributed by atoms with Gasteiger partial charge in [-0.2, -0.15) is 9.78 Å². The molecule has 0 unspecified atom stereocenters. The van der Waals surface area contributed by atoms with Gasteiger partial charge in [0.1, 0.15) is 18.0 Å². The maximum atomic E-state index is 13.5. The van der Waals surface area contributed by atoms with Crippen molar-refractivity contribution in [3.8, 4) is 23.1 Å². The lowest BCUT2D eigenvalue weighted by atomic mass is 10.2. The van der Waals surface area contributed by atoms with Gasteiger partial charge in [-0.3, -0.25) is 4.79 Å². The molecule has 4 aromatic carbocycles. The molecule has 6 aromatic rings. The van der Waals surface area contributed by atoms with Crippen molar-refractivity contribution in [1.29, 1.82) is 0 Å². The summed E-state index contributed by atoms with van der Waals surface area (Å²) >= 11 is 6.55. The Morgan fingerprint density at radius 3 is 2.60 bits per heavy atom. The van der Waals surface area contributed by atoms with Gasteiger partial charge in [0.2, 0.25) is 5.82 Å². The number of para-hydroxylation sites is 2. The summed E-state index contributed by atoms with van der Waals surface area (Å²) in [5.41, 5.74) is 2.18. The van der Waals surface area contributed by atoms with Gasteiger partial charge < -0.3 is 13.9 Å². The third-order valence-electron chi connectivity index (χ3n) is 6.27. The minimum Gasteiger partial charge on any atom is -0.493 e. The molecule has 0 amide bonds. The van der Waals surface area contributed by atoms with Gasteiger partial charge in [0.15, 0.2) is 17.3 Å². The number of hydrogen-bond acceptors (Lipinski definition) is 6. The number of methoxy groups -OCH3 is 1. The van der Waals surface area contributed by atoms with Crippen LogP contribution >= 0.6 is 11.6 Å². The van der Waals surface area contributed by atoms with Crippen molar-refractivity contribution in [2.45, 2.75) is 6.61 Å². The Kier molecular flexibility index (Phi) is 6.76. The van der Waals surface area contributed by atoms with E-state index in [1.807, 2.05) is 36.4 Å². The molecule has 2 aromatic heterocycles. The first kappa shape index (κ1) is 25.3. The topological polar surface area (TPSA) is 78.9 Å². The summed E-state index contributed by atoms with van der Waals surface area (Å²) in [6.07, 6.45) is 1.49. The number of nitrogens with zero attached hydrogens (tertiary/aromatic N) is 3. The highest BCUT2D eigenvalue weighted by Gasteiger charge is 2.17. The number of rotatable bonds is 7. The first-order valence-corrected chi connectivity index (χ1v) is 12.7. The van der Waals surface area contributed by atoms with E-state index in [4.69, 9.17) is 30.5 Å². The predicted molar refractivity (Wildman–Crippen MR) is 153 cm³/mol. The number of fused-ring (bicyclic) bond motifs is 2. The first-order valence-electron chi connectivity index (χ1n) is 12.3. The van der Waals surface area contributed by atoms with E-state index in [9.17, 15) is 9.18 Å². The van der Waals surface area contributed by atoms with Gasteiger partial charge in [-0.1, -0.05) is 54.1 Å². The molecule has 0 aliphatic rings. The molecule has 0 atom stereocenters. The summed E-state index contributed by atoms with van der Waals surface area (Å²) in [5.74, 6) is 1.04. The van der Waals surface area contributed by atoms with Crippen molar-refractivity contribution in [1.82, 2.24) is 9.66 Å². The Morgan fingerprint density at radius 2 is 1.80 bits per heavy atom. The van der Waals surface area contributed by atoms with Crippen LogP contribution in [0, 0.1) is 5.82 Å². The molecule has 2 heterocycles. The van der Waals surface area contributed by atoms with E-state index < -0.39 is 0 Å². The molecular formula is C31H21ClFN3O4. The van der Waals surface area contributed by atoms with E-state index in [2.05, 4.69) is 5.10 Å². The average molecular weight is 554 g/mol. The lowest BCUT2D eigenvalue weighted by Crippen LogP contribution is -2.20. The minimum absolute atomic E-state index is 0.169. The molecule has 0 aliphatic carbocycles. The van der Waals surface area contributed by atoms with E-state index in [1.54, 1.807) is 42.5 Å². The molecule has 7 nitrogen and oxygen atoms in total. The molecule has 0 N–H and O–H groups in total. The standard InChI is InChI=1S/C31H21ClFN3O4/c1-38-27-15-20(14-24(32)29(27)39-18-19-10-12-22(33)13-11-19)17-34-36-30(28-16-21-6-2-5-9-26(21)40-28)35-25-8-4-3-7-23(25)31(36)37/h2-17H,18H2,1H3. The molecule has 0 saturated heterocycles. The maximum absolute atomic E-state index is 13.5. The quantitative estimate of drug-likeness (QED) is 0.198. The van der Waals surface area contributed by atoms with E-state index in [-0.39, 0.29) is 28.8 Å². The Bertz CT molecular complexity index is 1910. The largest absolute Gasteiger partial charge is 0.493 e. The van der Waals surface area contributed by atoms with Crippen LogP contribution in [0.3, 0.4) is 0 Å². The molecule has 9 heteroatoms. The number of halogens is 2. The number of benzene rings is 4. The van der Waals surface area contributed by atoms with Crippen molar-refractivity contribution in [3.05, 3.63) is 123 Å². The summed E-state index contributed by atoms with van der Waals surface area (Å²) in [6.45, 7) is 0.169. The highest BCUT2D eigenvalue weighted by molar-refractivity contribution is 6.32. The summed E-state index contributed by atoms with van der Waals surface area (Å²) in [5, 5.41) is 6.06. The smallest absolute Gasteiger partial charge is 0.282 e. The van der Waals surface area contributed by atoms with E-state index >= 15 is 0 Å². The fourth-order valence-corrected chi connectivity index (χ4v) is 4.57. The molecule has 0 aliphatic heterocycles.